The maximum Gasteiger partial charge on any atom is 0.119 e. The van der Waals surface area contributed by atoms with E-state index < -0.39 is 0 Å². The van der Waals surface area contributed by atoms with Crippen LogP contribution in [0.1, 0.15) is 42.2 Å². The van der Waals surface area contributed by atoms with Crippen molar-refractivity contribution in [3.63, 3.8) is 0 Å². The van der Waals surface area contributed by atoms with E-state index in [4.69, 9.17) is 0 Å². The van der Waals surface area contributed by atoms with Crippen LogP contribution >= 0.6 is 23.7 Å². The first kappa shape index (κ1) is 18.3. The lowest BCUT2D eigenvalue weighted by molar-refractivity contribution is 0.370. The summed E-state index contributed by atoms with van der Waals surface area (Å²) in [6, 6.07) is 11.4. The maximum atomic E-state index is 9.96. The molecule has 1 aliphatic carbocycles. The molecule has 2 atom stereocenters. The van der Waals surface area contributed by atoms with Crippen LogP contribution in [0.5, 0.6) is 5.75 Å². The summed E-state index contributed by atoms with van der Waals surface area (Å²) in [5.41, 5.74) is 2.47. The van der Waals surface area contributed by atoms with Gasteiger partial charge >= 0.3 is 0 Å². The minimum absolute atomic E-state index is 0. The summed E-state index contributed by atoms with van der Waals surface area (Å²) in [6.07, 6.45) is 6.71. The summed E-state index contributed by atoms with van der Waals surface area (Å²) in [6.45, 7) is 2.26. The number of fused-ring (bicyclic) bond motifs is 1. The van der Waals surface area contributed by atoms with Crippen LogP contribution in [-0.4, -0.2) is 17.2 Å². The van der Waals surface area contributed by atoms with Gasteiger partial charge in [0, 0.05) is 17.0 Å². The Labute approximate surface area is 149 Å². The number of phenolic OH excluding ortho intramolecular Hbond substituents is 1. The Bertz CT molecular complexity index is 599. The molecule has 1 heterocycles. The first-order chi connectivity index (χ1) is 10.8. The fraction of sp³-hybridized carbons (Fsp3) is 0.474. The highest BCUT2D eigenvalue weighted by atomic mass is 35.5. The average Bonchev–Trinajstić information content (AvgIpc) is 3.00. The number of aromatic hydroxyl groups is 1. The molecule has 2 nitrogen and oxygen atoms in total. The molecule has 0 aliphatic heterocycles. The molecule has 0 bridgehead atoms. The Balaban J connectivity index is 0.00000192. The van der Waals surface area contributed by atoms with Gasteiger partial charge in [0.05, 0.1) is 0 Å². The van der Waals surface area contributed by atoms with Gasteiger partial charge in [-0.3, -0.25) is 0 Å². The molecule has 0 amide bonds. The number of benzene rings is 1. The molecule has 0 saturated carbocycles. The van der Waals surface area contributed by atoms with E-state index >= 15 is 0 Å². The van der Waals surface area contributed by atoms with Crippen LogP contribution in [-0.2, 0) is 19.3 Å². The monoisotopic (exact) mass is 351 g/mol. The van der Waals surface area contributed by atoms with Gasteiger partial charge < -0.3 is 10.4 Å². The van der Waals surface area contributed by atoms with Crippen molar-refractivity contribution in [2.45, 2.75) is 57.5 Å². The van der Waals surface area contributed by atoms with Crippen LogP contribution in [0.3, 0.4) is 0 Å². The molecule has 1 aliphatic rings. The molecule has 0 fully saturated rings. The van der Waals surface area contributed by atoms with E-state index in [1.807, 2.05) is 23.5 Å². The molecule has 4 heteroatoms. The minimum Gasteiger partial charge on any atom is -0.508 e. The molecule has 1 aromatic carbocycles. The molecule has 126 valence electrons. The Morgan fingerprint density at radius 3 is 2.91 bits per heavy atom. The molecule has 0 spiro atoms. The van der Waals surface area contributed by atoms with E-state index in [1.54, 1.807) is 0 Å². The van der Waals surface area contributed by atoms with Crippen LogP contribution < -0.4 is 5.32 Å². The fourth-order valence-corrected chi connectivity index (χ4v) is 4.31. The van der Waals surface area contributed by atoms with Gasteiger partial charge in [-0.05, 0) is 60.7 Å². The molecule has 0 radical (unpaired) electrons. The average molecular weight is 352 g/mol. The highest BCUT2D eigenvalue weighted by Crippen LogP contribution is 2.29. The Morgan fingerprint density at radius 1 is 1.30 bits per heavy atom. The zero-order chi connectivity index (χ0) is 15.4. The molecule has 3 rings (SSSR count). The number of phenols is 1. The van der Waals surface area contributed by atoms with Crippen LogP contribution in [0.2, 0.25) is 0 Å². The third kappa shape index (κ3) is 4.72. The summed E-state index contributed by atoms with van der Waals surface area (Å²) in [5.74, 6) is 0.472. The Morgan fingerprint density at radius 2 is 2.17 bits per heavy atom. The standard InChI is InChI=1S/C19H25NOS.ClH/c1-2-5-15(13-17-7-4-11-22-17)20-16-9-10-18-14(12-16)6-3-8-19(18)21;/h3-4,6-8,11,15-16,20-21H,2,5,9-10,12-13H2,1H3;1H/t15?,16-;/m0./s1. The van der Waals surface area contributed by atoms with Gasteiger partial charge in [-0.1, -0.05) is 31.5 Å². The zero-order valence-electron chi connectivity index (χ0n) is 13.6. The van der Waals surface area contributed by atoms with Crippen molar-refractivity contribution in [3.8, 4) is 5.75 Å². The molecule has 1 unspecified atom stereocenters. The van der Waals surface area contributed by atoms with Crippen molar-refractivity contribution in [2.24, 2.45) is 0 Å². The molecule has 2 aromatic rings. The van der Waals surface area contributed by atoms with Crippen molar-refractivity contribution in [3.05, 3.63) is 51.7 Å². The van der Waals surface area contributed by atoms with E-state index in [0.717, 1.165) is 31.2 Å². The summed E-state index contributed by atoms with van der Waals surface area (Å²) in [5, 5.41) is 16.0. The number of rotatable bonds is 6. The third-order valence-electron chi connectivity index (χ3n) is 4.59. The predicted molar refractivity (Wildman–Crippen MR) is 101 cm³/mol. The summed E-state index contributed by atoms with van der Waals surface area (Å²) >= 11 is 1.86. The van der Waals surface area contributed by atoms with Crippen LogP contribution in [0.4, 0.5) is 0 Å². The maximum absolute atomic E-state index is 9.96. The van der Waals surface area contributed by atoms with Gasteiger partial charge in [-0.25, -0.2) is 0 Å². The van der Waals surface area contributed by atoms with E-state index in [1.165, 1.54) is 23.3 Å². The summed E-state index contributed by atoms with van der Waals surface area (Å²) in [4.78, 5) is 1.47. The topological polar surface area (TPSA) is 32.3 Å². The number of halogens is 1. The first-order valence-electron chi connectivity index (χ1n) is 8.34. The van der Waals surface area contributed by atoms with Gasteiger partial charge in [0.25, 0.3) is 0 Å². The van der Waals surface area contributed by atoms with Crippen molar-refractivity contribution in [1.82, 2.24) is 5.32 Å². The lowest BCUT2D eigenvalue weighted by atomic mass is 9.87. The zero-order valence-corrected chi connectivity index (χ0v) is 15.3. The van der Waals surface area contributed by atoms with Gasteiger partial charge in [0.1, 0.15) is 5.75 Å². The lowest BCUT2D eigenvalue weighted by Crippen LogP contribution is -2.42. The van der Waals surface area contributed by atoms with E-state index in [2.05, 4.69) is 35.8 Å². The summed E-state index contributed by atoms with van der Waals surface area (Å²) < 4.78 is 0. The first-order valence-corrected chi connectivity index (χ1v) is 9.22. The highest BCUT2D eigenvalue weighted by molar-refractivity contribution is 7.09. The number of thiophene rings is 1. The molecule has 0 saturated heterocycles. The fourth-order valence-electron chi connectivity index (χ4n) is 3.53. The minimum atomic E-state index is 0. The van der Waals surface area contributed by atoms with E-state index in [9.17, 15) is 5.11 Å². The number of hydrogen-bond acceptors (Lipinski definition) is 3. The number of hydrogen-bond donors (Lipinski definition) is 2. The van der Waals surface area contributed by atoms with E-state index in [-0.39, 0.29) is 12.4 Å². The highest BCUT2D eigenvalue weighted by Gasteiger charge is 2.22. The lowest BCUT2D eigenvalue weighted by Gasteiger charge is -2.30. The predicted octanol–water partition coefficient (Wildman–Crippen LogP) is 4.73. The van der Waals surface area contributed by atoms with Crippen LogP contribution in [0, 0.1) is 0 Å². The molecular formula is C19H26ClNOS. The molecule has 2 N–H and O–H groups in total. The van der Waals surface area contributed by atoms with Crippen LogP contribution in [0.25, 0.3) is 0 Å². The van der Waals surface area contributed by atoms with Gasteiger partial charge in [0.2, 0.25) is 0 Å². The Kier molecular flexibility index (Phi) is 6.94. The quantitative estimate of drug-likeness (QED) is 0.788. The summed E-state index contributed by atoms with van der Waals surface area (Å²) in [7, 11) is 0. The second-order valence-electron chi connectivity index (χ2n) is 6.29. The van der Waals surface area contributed by atoms with Crippen molar-refractivity contribution in [2.75, 3.05) is 0 Å². The molecule has 1 aromatic heterocycles. The van der Waals surface area contributed by atoms with Crippen molar-refractivity contribution >= 4 is 23.7 Å². The van der Waals surface area contributed by atoms with Crippen LogP contribution in [0.15, 0.2) is 35.7 Å². The normalized spacial score (nSPS) is 18.0. The largest absolute Gasteiger partial charge is 0.508 e. The van der Waals surface area contributed by atoms with Gasteiger partial charge in [0.15, 0.2) is 0 Å². The Hall–Kier alpha value is -1.03. The van der Waals surface area contributed by atoms with E-state index in [0.29, 0.717) is 17.8 Å². The van der Waals surface area contributed by atoms with Crippen molar-refractivity contribution in [1.29, 1.82) is 0 Å². The molecular weight excluding hydrogens is 326 g/mol. The second-order valence-corrected chi connectivity index (χ2v) is 7.32. The number of nitrogens with one attached hydrogen (secondary N) is 1. The SMILES string of the molecule is CCCC(Cc1cccs1)N[C@H]1CCc2c(O)cccc2C1.Cl. The third-order valence-corrected chi connectivity index (χ3v) is 5.49. The smallest absolute Gasteiger partial charge is 0.119 e. The van der Waals surface area contributed by atoms with Crippen molar-refractivity contribution < 1.29 is 5.11 Å². The second kappa shape index (κ2) is 8.72. The van der Waals surface area contributed by atoms with Gasteiger partial charge in [-0.15, -0.1) is 23.7 Å². The van der Waals surface area contributed by atoms with Gasteiger partial charge in [-0.2, -0.15) is 0 Å². The molecule has 23 heavy (non-hydrogen) atoms.